The van der Waals surface area contributed by atoms with Crippen molar-refractivity contribution in [2.24, 2.45) is 0 Å². The van der Waals surface area contributed by atoms with Gasteiger partial charge in [-0.15, -0.1) is 0 Å². The predicted octanol–water partition coefficient (Wildman–Crippen LogP) is 2.68. The van der Waals surface area contributed by atoms with Crippen molar-refractivity contribution in [2.75, 3.05) is 41.3 Å². The number of fused-ring (bicyclic) bond motifs is 1. The van der Waals surface area contributed by atoms with Gasteiger partial charge in [0.2, 0.25) is 11.9 Å². The number of aromatic nitrogens is 2. The van der Waals surface area contributed by atoms with Gasteiger partial charge in [-0.25, -0.2) is 4.98 Å². The lowest BCUT2D eigenvalue weighted by Gasteiger charge is -2.37. The van der Waals surface area contributed by atoms with Crippen LogP contribution in [0.3, 0.4) is 0 Å². The summed E-state index contributed by atoms with van der Waals surface area (Å²) in [5.41, 5.74) is 2.88. The van der Waals surface area contributed by atoms with Crippen molar-refractivity contribution in [3.63, 3.8) is 0 Å². The number of rotatable bonds is 4. The number of aryl methyl sites for hydroxylation is 2. The Morgan fingerprint density at radius 1 is 1.06 bits per heavy atom. The Bertz CT molecular complexity index is 992. The molecule has 8 nitrogen and oxygen atoms in total. The lowest BCUT2D eigenvalue weighted by molar-refractivity contribution is -0.116. The number of anilines is 3. The molecule has 2 atom stereocenters. The van der Waals surface area contributed by atoms with Crippen LogP contribution < -0.4 is 19.9 Å². The fraction of sp³-hybridized carbons (Fsp3) is 0.542. The normalized spacial score (nSPS) is 23.5. The van der Waals surface area contributed by atoms with Crippen LogP contribution in [0.15, 0.2) is 24.3 Å². The molecular formula is C24H31N5O3. The molecular weight excluding hydrogens is 406 g/mol. The Balaban J connectivity index is 1.25. The number of aliphatic hydroxyl groups excluding tert-OH is 1. The molecule has 3 aliphatic heterocycles. The van der Waals surface area contributed by atoms with Crippen molar-refractivity contribution in [1.82, 2.24) is 9.97 Å². The quantitative estimate of drug-likeness (QED) is 0.760. The minimum Gasteiger partial charge on any atom is -0.488 e. The number of ether oxygens (including phenoxy) is 1. The van der Waals surface area contributed by atoms with Crippen LogP contribution in [0.1, 0.15) is 43.4 Å². The van der Waals surface area contributed by atoms with Gasteiger partial charge in [-0.2, -0.15) is 4.98 Å². The van der Waals surface area contributed by atoms with Crippen LogP contribution in [0, 0.1) is 6.92 Å². The maximum absolute atomic E-state index is 11.6. The van der Waals surface area contributed by atoms with Gasteiger partial charge in [0.1, 0.15) is 23.8 Å². The van der Waals surface area contributed by atoms with Gasteiger partial charge in [0.05, 0.1) is 0 Å². The highest BCUT2D eigenvalue weighted by atomic mass is 16.5. The first-order valence-corrected chi connectivity index (χ1v) is 11.7. The van der Waals surface area contributed by atoms with E-state index in [1.807, 2.05) is 31.2 Å². The minimum atomic E-state index is -0.617. The predicted molar refractivity (Wildman–Crippen MR) is 123 cm³/mol. The number of piperidine rings is 2. The molecule has 1 aromatic heterocycles. The first-order chi connectivity index (χ1) is 15.5. The highest BCUT2D eigenvalue weighted by molar-refractivity contribution is 5.94. The van der Waals surface area contributed by atoms with Crippen LogP contribution in [0.5, 0.6) is 5.75 Å². The smallest absolute Gasteiger partial charge is 0.227 e. The second kappa shape index (κ2) is 8.94. The van der Waals surface area contributed by atoms with Crippen molar-refractivity contribution in [3.8, 4) is 5.75 Å². The van der Waals surface area contributed by atoms with Crippen molar-refractivity contribution in [2.45, 2.75) is 57.7 Å². The number of benzene rings is 1. The zero-order valence-electron chi connectivity index (χ0n) is 18.6. The standard InChI is InChI=1S/C24H31N5O3/c1-16-13-22(27-24(25-16)28-10-3-2-4-11-28)29-12-9-21(20(30)15-29)32-18-6-7-19-17(14-18)5-8-23(31)26-19/h6-7,13-14,20-21,30H,2-5,8-12,15H2,1H3,(H,26,31)/t20-,21-/m1/s1. The van der Waals surface area contributed by atoms with E-state index in [9.17, 15) is 9.90 Å². The van der Waals surface area contributed by atoms with Gasteiger partial charge in [-0.3, -0.25) is 4.79 Å². The van der Waals surface area contributed by atoms with Gasteiger partial charge >= 0.3 is 0 Å². The van der Waals surface area contributed by atoms with Crippen LogP contribution in [-0.4, -0.2) is 59.4 Å². The van der Waals surface area contributed by atoms with Crippen LogP contribution in [0.2, 0.25) is 0 Å². The summed E-state index contributed by atoms with van der Waals surface area (Å²) >= 11 is 0. The fourth-order valence-corrected chi connectivity index (χ4v) is 4.80. The number of nitrogens with one attached hydrogen (secondary N) is 1. The SMILES string of the molecule is Cc1cc(N2CC[C@@H](Oc3ccc4c(c3)CCC(=O)N4)[C@H](O)C2)nc(N2CCCCC2)n1. The molecule has 0 saturated carbocycles. The fourth-order valence-electron chi connectivity index (χ4n) is 4.80. The average molecular weight is 438 g/mol. The molecule has 1 amide bonds. The molecule has 0 bridgehead atoms. The molecule has 0 radical (unpaired) electrons. The molecule has 170 valence electrons. The summed E-state index contributed by atoms with van der Waals surface area (Å²) in [6.07, 6.45) is 4.66. The molecule has 2 fully saturated rings. The van der Waals surface area contributed by atoms with E-state index in [1.54, 1.807) is 0 Å². The first kappa shape index (κ1) is 21.0. The number of hydrogen-bond donors (Lipinski definition) is 2. The van der Waals surface area contributed by atoms with Crippen molar-refractivity contribution in [1.29, 1.82) is 0 Å². The Hall–Kier alpha value is -2.87. The Labute approximate surface area is 188 Å². The Morgan fingerprint density at radius 3 is 2.72 bits per heavy atom. The van der Waals surface area contributed by atoms with Gasteiger partial charge in [-0.05, 0) is 56.4 Å². The Kier molecular flexibility index (Phi) is 5.87. The maximum atomic E-state index is 11.6. The van der Waals surface area contributed by atoms with E-state index in [0.29, 0.717) is 25.8 Å². The number of β-amino-alcohol motifs (C(OH)–C–C–N with tert-alkyl or cyclic N) is 1. The highest BCUT2D eigenvalue weighted by Crippen LogP contribution is 2.29. The summed E-state index contributed by atoms with van der Waals surface area (Å²) < 4.78 is 6.16. The minimum absolute atomic E-state index is 0.0531. The van der Waals surface area contributed by atoms with E-state index in [4.69, 9.17) is 9.72 Å². The van der Waals surface area contributed by atoms with E-state index in [0.717, 1.165) is 54.1 Å². The second-order valence-corrected chi connectivity index (χ2v) is 9.04. The molecule has 0 aliphatic carbocycles. The molecule has 2 aromatic rings. The summed E-state index contributed by atoms with van der Waals surface area (Å²) in [5, 5.41) is 13.7. The van der Waals surface area contributed by atoms with Gasteiger partial charge in [0.15, 0.2) is 0 Å². The summed E-state index contributed by atoms with van der Waals surface area (Å²) in [5.74, 6) is 2.47. The molecule has 4 heterocycles. The third-order valence-corrected chi connectivity index (χ3v) is 6.57. The number of aliphatic hydroxyl groups is 1. The number of carbonyl (C=O) groups is 1. The lowest BCUT2D eigenvalue weighted by atomic mass is 10.0. The van der Waals surface area contributed by atoms with Crippen molar-refractivity contribution < 1.29 is 14.6 Å². The molecule has 3 aliphatic rings. The average Bonchev–Trinajstić information content (AvgIpc) is 2.80. The lowest BCUT2D eigenvalue weighted by Crippen LogP contribution is -2.49. The maximum Gasteiger partial charge on any atom is 0.227 e. The molecule has 2 saturated heterocycles. The van der Waals surface area contributed by atoms with Crippen molar-refractivity contribution >= 4 is 23.4 Å². The van der Waals surface area contributed by atoms with E-state index in [2.05, 4.69) is 20.1 Å². The molecule has 8 heteroatoms. The molecule has 0 unspecified atom stereocenters. The zero-order valence-corrected chi connectivity index (χ0v) is 18.6. The number of hydrogen-bond acceptors (Lipinski definition) is 7. The van der Waals surface area contributed by atoms with Crippen LogP contribution in [0.25, 0.3) is 0 Å². The van der Waals surface area contributed by atoms with Crippen LogP contribution in [0.4, 0.5) is 17.5 Å². The van der Waals surface area contributed by atoms with Gasteiger partial charge in [-0.1, -0.05) is 0 Å². The largest absolute Gasteiger partial charge is 0.488 e. The molecule has 5 rings (SSSR count). The Morgan fingerprint density at radius 2 is 1.91 bits per heavy atom. The van der Waals surface area contributed by atoms with E-state index in [1.165, 1.54) is 19.3 Å². The van der Waals surface area contributed by atoms with Gasteiger partial charge in [0.25, 0.3) is 0 Å². The topological polar surface area (TPSA) is 90.8 Å². The number of nitrogens with zero attached hydrogens (tertiary/aromatic N) is 4. The molecule has 0 spiro atoms. The summed E-state index contributed by atoms with van der Waals surface area (Å²) in [6.45, 7) is 5.25. The van der Waals surface area contributed by atoms with Gasteiger partial charge < -0.3 is 25.0 Å². The van der Waals surface area contributed by atoms with Crippen molar-refractivity contribution in [3.05, 3.63) is 35.5 Å². The van der Waals surface area contributed by atoms with E-state index >= 15 is 0 Å². The summed E-state index contributed by atoms with van der Waals surface area (Å²) in [4.78, 5) is 25.5. The number of carbonyl (C=O) groups excluding carboxylic acids is 1. The summed E-state index contributed by atoms with van der Waals surface area (Å²) in [7, 11) is 0. The second-order valence-electron chi connectivity index (χ2n) is 9.04. The monoisotopic (exact) mass is 437 g/mol. The van der Waals surface area contributed by atoms with Gasteiger partial charge in [0, 0.05) is 56.5 Å². The highest BCUT2D eigenvalue weighted by Gasteiger charge is 2.31. The number of amides is 1. The summed E-state index contributed by atoms with van der Waals surface area (Å²) in [6, 6.07) is 7.73. The first-order valence-electron chi connectivity index (χ1n) is 11.7. The molecule has 32 heavy (non-hydrogen) atoms. The van der Waals surface area contributed by atoms with E-state index < -0.39 is 6.10 Å². The zero-order chi connectivity index (χ0) is 22.1. The van der Waals surface area contributed by atoms with Crippen LogP contribution in [-0.2, 0) is 11.2 Å². The molecule has 2 N–H and O–H groups in total. The third kappa shape index (κ3) is 4.50. The van der Waals surface area contributed by atoms with Crippen LogP contribution >= 0.6 is 0 Å². The van der Waals surface area contributed by atoms with E-state index in [-0.39, 0.29) is 12.0 Å². The third-order valence-electron chi connectivity index (χ3n) is 6.57. The molecule has 1 aromatic carbocycles.